The third-order valence-electron chi connectivity index (χ3n) is 7.83. The standard InChI is InChI=1S/C29H39F3N6O6S2/c1-46(41,42)37-23(8-4-18-10-12-35-13-11-18)28(40)38-16-21(43-17-19-2-5-20(6-3-19)44-29(30,31)32)14-24(38)27(39)36-15-22-7-9-25(45-22)26(33)34/h2-3,5-7,9,18,21,23-24,35,37H,4,8,10-17H2,1H3,(H3,33,34)(H,36,39)/t21-,23-,24+/m1/s1. The number of halogens is 3. The van der Waals surface area contributed by atoms with Gasteiger partial charge in [-0.2, -0.15) is 0 Å². The van der Waals surface area contributed by atoms with Gasteiger partial charge in [0.05, 0.1) is 30.4 Å². The number of alkyl halides is 3. The fourth-order valence-corrected chi connectivity index (χ4v) is 7.13. The Balaban J connectivity index is 1.47. The average molecular weight is 689 g/mol. The highest BCUT2D eigenvalue weighted by atomic mass is 32.2. The smallest absolute Gasteiger partial charge is 0.406 e. The number of nitrogens with two attached hydrogens (primary N) is 1. The van der Waals surface area contributed by atoms with E-state index in [4.69, 9.17) is 15.9 Å². The second-order valence-electron chi connectivity index (χ2n) is 11.5. The Hall–Kier alpha value is -3.25. The zero-order valence-electron chi connectivity index (χ0n) is 25.3. The van der Waals surface area contributed by atoms with Crippen LogP contribution in [0.2, 0.25) is 0 Å². The van der Waals surface area contributed by atoms with Gasteiger partial charge in [-0.1, -0.05) is 12.1 Å². The summed E-state index contributed by atoms with van der Waals surface area (Å²) in [4.78, 5) is 30.1. The van der Waals surface area contributed by atoms with E-state index in [0.29, 0.717) is 22.8 Å². The molecule has 1 aromatic heterocycles. The van der Waals surface area contributed by atoms with Crippen molar-refractivity contribution in [1.82, 2.24) is 20.3 Å². The molecule has 0 radical (unpaired) electrons. The summed E-state index contributed by atoms with van der Waals surface area (Å²) in [5, 5.41) is 13.7. The minimum Gasteiger partial charge on any atom is -0.406 e. The normalized spacial score (nSPS) is 20.0. The van der Waals surface area contributed by atoms with E-state index in [1.807, 2.05) is 0 Å². The van der Waals surface area contributed by atoms with Gasteiger partial charge in [0, 0.05) is 17.8 Å². The van der Waals surface area contributed by atoms with Gasteiger partial charge in [0.2, 0.25) is 21.8 Å². The van der Waals surface area contributed by atoms with Gasteiger partial charge in [-0.05, 0) is 74.5 Å². The number of nitrogens with zero attached hydrogens (tertiary/aromatic N) is 1. The molecule has 254 valence electrons. The summed E-state index contributed by atoms with van der Waals surface area (Å²) in [6.45, 7) is 1.85. The monoisotopic (exact) mass is 688 g/mol. The minimum atomic E-state index is -4.82. The molecule has 12 nitrogen and oxygen atoms in total. The number of sulfonamides is 1. The number of nitrogen functional groups attached to an aromatic ring is 1. The minimum absolute atomic E-state index is 0.00289. The molecular weight excluding hydrogens is 649 g/mol. The molecule has 2 saturated heterocycles. The van der Waals surface area contributed by atoms with Crippen molar-refractivity contribution >= 4 is 39.0 Å². The summed E-state index contributed by atoms with van der Waals surface area (Å²) in [5.41, 5.74) is 6.09. The predicted molar refractivity (Wildman–Crippen MR) is 166 cm³/mol. The van der Waals surface area contributed by atoms with E-state index < -0.39 is 46.4 Å². The number of rotatable bonds is 14. The Labute approximate surface area is 269 Å². The Morgan fingerprint density at radius 2 is 1.87 bits per heavy atom. The van der Waals surface area contributed by atoms with Crippen molar-refractivity contribution in [3.8, 4) is 5.75 Å². The molecule has 3 atom stereocenters. The Kier molecular flexibility index (Phi) is 12.0. The van der Waals surface area contributed by atoms with Crippen LogP contribution >= 0.6 is 11.3 Å². The number of benzene rings is 1. The molecule has 2 fully saturated rings. The van der Waals surface area contributed by atoms with Crippen molar-refractivity contribution in [2.24, 2.45) is 11.7 Å². The maximum absolute atomic E-state index is 13.9. The summed E-state index contributed by atoms with van der Waals surface area (Å²) < 4.78 is 74.4. The average Bonchev–Trinajstić information content (AvgIpc) is 3.64. The van der Waals surface area contributed by atoms with Gasteiger partial charge in [0.1, 0.15) is 23.7 Å². The maximum Gasteiger partial charge on any atom is 0.573 e. The number of hydrogen-bond acceptors (Lipinski definition) is 9. The lowest BCUT2D eigenvalue weighted by Gasteiger charge is -2.29. The van der Waals surface area contributed by atoms with E-state index in [1.165, 1.54) is 40.5 Å². The molecule has 3 heterocycles. The van der Waals surface area contributed by atoms with Crippen LogP contribution in [0.25, 0.3) is 0 Å². The quantitative estimate of drug-likeness (QED) is 0.149. The van der Waals surface area contributed by atoms with E-state index in [1.54, 1.807) is 12.1 Å². The van der Waals surface area contributed by atoms with Crippen molar-refractivity contribution < 1.29 is 40.7 Å². The third-order valence-corrected chi connectivity index (χ3v) is 9.66. The summed E-state index contributed by atoms with van der Waals surface area (Å²) >= 11 is 1.25. The number of carbonyl (C=O) groups excluding carboxylic acids is 2. The van der Waals surface area contributed by atoms with Crippen LogP contribution in [-0.2, 0) is 37.5 Å². The van der Waals surface area contributed by atoms with Gasteiger partial charge in [0.25, 0.3) is 0 Å². The topological polar surface area (TPSA) is 176 Å². The molecule has 0 bridgehead atoms. The number of hydrogen-bond donors (Lipinski definition) is 5. The number of amides is 2. The molecule has 46 heavy (non-hydrogen) atoms. The van der Waals surface area contributed by atoms with Gasteiger partial charge in [0.15, 0.2) is 0 Å². The van der Waals surface area contributed by atoms with Crippen molar-refractivity contribution in [3.05, 3.63) is 51.7 Å². The molecule has 0 aliphatic carbocycles. The highest BCUT2D eigenvalue weighted by molar-refractivity contribution is 7.88. The number of carbonyl (C=O) groups is 2. The predicted octanol–water partition coefficient (Wildman–Crippen LogP) is 2.43. The molecule has 0 spiro atoms. The molecular formula is C29H39F3N6O6S2. The fourth-order valence-electron chi connectivity index (χ4n) is 5.59. The first-order valence-corrected chi connectivity index (χ1v) is 17.5. The van der Waals surface area contributed by atoms with Crippen molar-refractivity contribution in [2.75, 3.05) is 25.9 Å². The largest absolute Gasteiger partial charge is 0.573 e. The van der Waals surface area contributed by atoms with E-state index in [-0.39, 0.29) is 44.1 Å². The summed E-state index contributed by atoms with van der Waals surface area (Å²) in [5.74, 6) is -1.12. The number of amidine groups is 1. The molecule has 17 heteroatoms. The number of likely N-dealkylation sites (tertiary alicyclic amines) is 1. The fraction of sp³-hybridized carbons (Fsp3) is 0.552. The van der Waals surface area contributed by atoms with Gasteiger partial charge < -0.3 is 30.7 Å². The number of piperidine rings is 1. The van der Waals surface area contributed by atoms with E-state index >= 15 is 0 Å². The first-order chi connectivity index (χ1) is 21.7. The second kappa shape index (κ2) is 15.6. The molecule has 1 aromatic carbocycles. The maximum atomic E-state index is 13.9. The molecule has 2 aliphatic heterocycles. The zero-order valence-corrected chi connectivity index (χ0v) is 26.9. The second-order valence-corrected chi connectivity index (χ2v) is 14.4. The Morgan fingerprint density at radius 3 is 2.48 bits per heavy atom. The third kappa shape index (κ3) is 10.9. The Bertz CT molecular complexity index is 1460. The molecule has 2 aliphatic rings. The Morgan fingerprint density at radius 1 is 1.17 bits per heavy atom. The van der Waals surface area contributed by atoms with E-state index in [2.05, 4.69) is 20.1 Å². The van der Waals surface area contributed by atoms with Gasteiger partial charge in [-0.25, -0.2) is 13.1 Å². The van der Waals surface area contributed by atoms with Crippen LogP contribution in [0.1, 0.15) is 47.4 Å². The highest BCUT2D eigenvalue weighted by Gasteiger charge is 2.43. The van der Waals surface area contributed by atoms with Crippen LogP contribution in [0.3, 0.4) is 0 Å². The SMILES string of the molecule is CS(=O)(=O)N[C@H](CCC1CCNCC1)C(=O)N1C[C@H](OCc2ccc(OC(F)(F)F)cc2)C[C@H]1C(=O)NCc1ccc(C(=N)N)s1. The number of ether oxygens (including phenoxy) is 2. The summed E-state index contributed by atoms with van der Waals surface area (Å²) in [7, 11) is -3.76. The molecule has 6 N–H and O–H groups in total. The van der Waals surface area contributed by atoms with Gasteiger partial charge in [-0.3, -0.25) is 15.0 Å². The van der Waals surface area contributed by atoms with Crippen LogP contribution in [0.4, 0.5) is 13.2 Å². The molecule has 2 aromatic rings. The lowest BCUT2D eigenvalue weighted by Crippen LogP contribution is -2.53. The lowest BCUT2D eigenvalue weighted by molar-refractivity contribution is -0.274. The van der Waals surface area contributed by atoms with Crippen LogP contribution in [-0.4, -0.2) is 81.4 Å². The van der Waals surface area contributed by atoms with Gasteiger partial charge in [-0.15, -0.1) is 24.5 Å². The van der Waals surface area contributed by atoms with Crippen LogP contribution in [0.5, 0.6) is 5.75 Å². The number of thiophene rings is 1. The van der Waals surface area contributed by atoms with Crippen molar-refractivity contribution in [3.63, 3.8) is 0 Å². The van der Waals surface area contributed by atoms with Gasteiger partial charge >= 0.3 is 6.36 Å². The molecule has 0 saturated carbocycles. The molecule has 2 amide bonds. The highest BCUT2D eigenvalue weighted by Crippen LogP contribution is 2.27. The zero-order chi connectivity index (χ0) is 33.5. The van der Waals surface area contributed by atoms with E-state index in [9.17, 15) is 31.2 Å². The first kappa shape index (κ1) is 35.6. The number of nitrogens with one attached hydrogen (secondary N) is 4. The van der Waals surface area contributed by atoms with Crippen LogP contribution < -0.4 is 25.8 Å². The van der Waals surface area contributed by atoms with Crippen molar-refractivity contribution in [1.29, 1.82) is 5.41 Å². The lowest BCUT2D eigenvalue weighted by atomic mass is 9.91. The molecule has 4 rings (SSSR count). The van der Waals surface area contributed by atoms with E-state index in [0.717, 1.165) is 37.1 Å². The summed E-state index contributed by atoms with van der Waals surface area (Å²) in [6, 6.07) is 6.56. The molecule has 0 unspecified atom stereocenters. The van der Waals surface area contributed by atoms with Crippen molar-refractivity contribution in [2.45, 2.75) is 69.8 Å². The first-order valence-electron chi connectivity index (χ1n) is 14.8. The summed E-state index contributed by atoms with van der Waals surface area (Å²) in [6.07, 6.45) is -1.58. The van der Waals surface area contributed by atoms with Crippen LogP contribution in [0.15, 0.2) is 36.4 Å². The van der Waals surface area contributed by atoms with Crippen LogP contribution in [0, 0.1) is 11.3 Å².